The van der Waals surface area contributed by atoms with Crippen molar-refractivity contribution >= 4 is 18.0 Å². The van der Waals surface area contributed by atoms with E-state index in [0.717, 1.165) is 0 Å². The Morgan fingerprint density at radius 2 is 2.00 bits per heavy atom. The van der Waals surface area contributed by atoms with Gasteiger partial charge in [-0.1, -0.05) is 6.07 Å². The van der Waals surface area contributed by atoms with E-state index in [1.165, 1.54) is 19.3 Å². The Morgan fingerprint density at radius 1 is 1.28 bits per heavy atom. The van der Waals surface area contributed by atoms with Gasteiger partial charge in [-0.25, -0.2) is 4.79 Å². The maximum absolute atomic E-state index is 11.7. The van der Waals surface area contributed by atoms with Gasteiger partial charge in [0.1, 0.15) is 6.07 Å². The third-order valence-electron chi connectivity index (χ3n) is 2.75. The molecule has 0 spiro atoms. The van der Waals surface area contributed by atoms with E-state index < -0.39 is 5.97 Å². The average molecular weight is 346 g/mol. The molecular weight excluding hydrogens is 324 g/mol. The lowest BCUT2D eigenvalue weighted by molar-refractivity contribution is -0.144. The number of amides is 1. The van der Waals surface area contributed by atoms with Gasteiger partial charge in [-0.2, -0.15) is 5.26 Å². The number of nitrogens with zero attached hydrogens (tertiary/aromatic N) is 1. The summed E-state index contributed by atoms with van der Waals surface area (Å²) in [6, 6.07) is 6.87. The molecule has 134 valence electrons. The number of carbonyl (C=O) groups is 2. The predicted octanol–water partition coefficient (Wildman–Crippen LogP) is 2.07. The largest absolute Gasteiger partial charge is 0.493 e. The Bertz CT molecular complexity index is 684. The lowest BCUT2D eigenvalue weighted by Gasteiger charge is -2.20. The molecule has 0 fully saturated rings. The minimum Gasteiger partial charge on any atom is -0.493 e. The summed E-state index contributed by atoms with van der Waals surface area (Å²) in [5.74, 6) is -0.124. The quantitative estimate of drug-likeness (QED) is 0.599. The Kier molecular flexibility index (Phi) is 7.47. The van der Waals surface area contributed by atoms with Crippen LogP contribution in [0.25, 0.3) is 6.08 Å². The summed E-state index contributed by atoms with van der Waals surface area (Å²) >= 11 is 0. The lowest BCUT2D eigenvalue weighted by atomic mass is 10.1. The van der Waals surface area contributed by atoms with E-state index in [-0.39, 0.29) is 24.7 Å². The van der Waals surface area contributed by atoms with E-state index in [9.17, 15) is 9.59 Å². The predicted molar refractivity (Wildman–Crippen MR) is 92.0 cm³/mol. The molecule has 0 saturated heterocycles. The molecule has 1 N–H and O–H groups in total. The number of nitrogens with one attached hydrogen (secondary N) is 1. The van der Waals surface area contributed by atoms with Crippen LogP contribution in [0.3, 0.4) is 0 Å². The van der Waals surface area contributed by atoms with Gasteiger partial charge in [-0.3, -0.25) is 4.79 Å². The number of esters is 1. The van der Waals surface area contributed by atoms with Crippen LogP contribution in [0.15, 0.2) is 24.3 Å². The molecule has 1 aromatic carbocycles. The summed E-state index contributed by atoms with van der Waals surface area (Å²) < 4.78 is 15.3. The van der Waals surface area contributed by atoms with Gasteiger partial charge in [0.05, 0.1) is 7.11 Å². The maximum Gasteiger partial charge on any atom is 0.331 e. The first-order valence-corrected chi connectivity index (χ1v) is 7.59. The van der Waals surface area contributed by atoms with E-state index in [0.29, 0.717) is 17.1 Å². The monoisotopic (exact) mass is 346 g/mol. The van der Waals surface area contributed by atoms with Crippen LogP contribution < -0.4 is 14.8 Å². The third-order valence-corrected chi connectivity index (χ3v) is 2.75. The van der Waals surface area contributed by atoms with Crippen molar-refractivity contribution in [3.05, 3.63) is 29.8 Å². The van der Waals surface area contributed by atoms with Crippen molar-refractivity contribution in [1.82, 2.24) is 5.32 Å². The lowest BCUT2D eigenvalue weighted by Crippen LogP contribution is -2.42. The molecule has 0 saturated carbocycles. The summed E-state index contributed by atoms with van der Waals surface area (Å²) in [7, 11) is 1.48. The summed E-state index contributed by atoms with van der Waals surface area (Å²) in [6.07, 6.45) is 2.75. The second kappa shape index (κ2) is 9.33. The smallest absolute Gasteiger partial charge is 0.331 e. The van der Waals surface area contributed by atoms with E-state index in [2.05, 4.69) is 5.32 Å². The molecule has 0 aliphatic rings. The van der Waals surface area contributed by atoms with Crippen LogP contribution in [0.5, 0.6) is 11.5 Å². The van der Waals surface area contributed by atoms with Gasteiger partial charge in [0.2, 0.25) is 0 Å². The standard InChI is InChI=1S/C18H22N2O5/c1-18(2,3)20-16(21)12-25-17(22)8-6-13-5-7-14(24-10-9-19)15(11-13)23-4/h5-8,11H,10,12H2,1-4H3,(H,20,21). The fraction of sp³-hybridized carbons (Fsp3) is 0.389. The molecule has 25 heavy (non-hydrogen) atoms. The van der Waals surface area contributed by atoms with Crippen molar-refractivity contribution in [1.29, 1.82) is 5.26 Å². The van der Waals surface area contributed by atoms with Gasteiger partial charge >= 0.3 is 5.97 Å². The summed E-state index contributed by atoms with van der Waals surface area (Å²) in [5.41, 5.74) is 0.294. The fourth-order valence-electron chi connectivity index (χ4n) is 1.82. The molecule has 0 aromatic heterocycles. The first-order chi connectivity index (χ1) is 11.7. The Hall–Kier alpha value is -3.01. The molecule has 1 amide bonds. The molecule has 0 aliphatic heterocycles. The zero-order chi connectivity index (χ0) is 18.9. The Morgan fingerprint density at radius 3 is 2.60 bits per heavy atom. The van der Waals surface area contributed by atoms with Gasteiger partial charge in [0.25, 0.3) is 5.91 Å². The van der Waals surface area contributed by atoms with Crippen molar-refractivity contribution < 1.29 is 23.8 Å². The molecule has 7 nitrogen and oxygen atoms in total. The minimum absolute atomic E-state index is 0.0888. The number of hydrogen-bond acceptors (Lipinski definition) is 6. The fourth-order valence-corrected chi connectivity index (χ4v) is 1.82. The van der Waals surface area contributed by atoms with Crippen molar-refractivity contribution in [2.24, 2.45) is 0 Å². The van der Waals surface area contributed by atoms with Crippen LogP contribution in [-0.4, -0.2) is 37.7 Å². The van der Waals surface area contributed by atoms with E-state index in [1.807, 2.05) is 26.8 Å². The molecule has 0 atom stereocenters. The second-order valence-electron chi connectivity index (χ2n) is 6.10. The molecule has 0 aliphatic carbocycles. The number of rotatable bonds is 7. The van der Waals surface area contributed by atoms with Crippen molar-refractivity contribution in [3.63, 3.8) is 0 Å². The van der Waals surface area contributed by atoms with Crippen LogP contribution in [0.4, 0.5) is 0 Å². The highest BCUT2D eigenvalue weighted by Gasteiger charge is 2.14. The van der Waals surface area contributed by atoms with Crippen LogP contribution in [0, 0.1) is 11.3 Å². The van der Waals surface area contributed by atoms with E-state index >= 15 is 0 Å². The number of carbonyl (C=O) groups excluding carboxylic acids is 2. The molecular formula is C18H22N2O5. The number of ether oxygens (including phenoxy) is 3. The van der Waals surface area contributed by atoms with Gasteiger partial charge in [0.15, 0.2) is 24.7 Å². The van der Waals surface area contributed by atoms with Crippen molar-refractivity contribution in [2.75, 3.05) is 20.3 Å². The van der Waals surface area contributed by atoms with Crippen LogP contribution >= 0.6 is 0 Å². The average Bonchev–Trinajstić information content (AvgIpc) is 2.55. The molecule has 7 heteroatoms. The van der Waals surface area contributed by atoms with Crippen molar-refractivity contribution in [2.45, 2.75) is 26.3 Å². The SMILES string of the molecule is COc1cc(C=CC(=O)OCC(=O)NC(C)(C)C)ccc1OCC#N. The summed E-state index contributed by atoms with van der Waals surface area (Å²) in [4.78, 5) is 23.2. The van der Waals surface area contributed by atoms with Gasteiger partial charge in [-0.05, 0) is 44.5 Å². The summed E-state index contributed by atoms with van der Waals surface area (Å²) in [6.45, 7) is 5.08. The van der Waals surface area contributed by atoms with Gasteiger partial charge in [-0.15, -0.1) is 0 Å². The van der Waals surface area contributed by atoms with E-state index in [1.54, 1.807) is 18.2 Å². The first kappa shape index (κ1) is 20.0. The molecule has 1 aromatic rings. The minimum atomic E-state index is -0.632. The van der Waals surface area contributed by atoms with Crippen LogP contribution in [-0.2, 0) is 14.3 Å². The Balaban J connectivity index is 2.61. The molecule has 0 bridgehead atoms. The van der Waals surface area contributed by atoms with Gasteiger partial charge < -0.3 is 19.5 Å². The molecule has 1 rings (SSSR count). The number of nitriles is 1. The zero-order valence-electron chi connectivity index (χ0n) is 14.8. The van der Waals surface area contributed by atoms with Gasteiger partial charge in [0, 0.05) is 11.6 Å². The highest BCUT2D eigenvalue weighted by Crippen LogP contribution is 2.28. The molecule has 0 unspecified atom stereocenters. The van der Waals surface area contributed by atoms with E-state index in [4.69, 9.17) is 19.5 Å². The highest BCUT2D eigenvalue weighted by atomic mass is 16.5. The number of methoxy groups -OCH3 is 1. The molecule has 0 radical (unpaired) electrons. The molecule has 0 heterocycles. The number of hydrogen-bond donors (Lipinski definition) is 1. The normalized spacial score (nSPS) is 10.8. The second-order valence-corrected chi connectivity index (χ2v) is 6.10. The van der Waals surface area contributed by atoms with Crippen LogP contribution in [0.1, 0.15) is 26.3 Å². The van der Waals surface area contributed by atoms with Crippen molar-refractivity contribution in [3.8, 4) is 17.6 Å². The third kappa shape index (κ3) is 7.88. The maximum atomic E-state index is 11.7. The topological polar surface area (TPSA) is 97.7 Å². The number of benzene rings is 1. The Labute approximate surface area is 147 Å². The highest BCUT2D eigenvalue weighted by molar-refractivity contribution is 5.89. The zero-order valence-corrected chi connectivity index (χ0v) is 14.8. The summed E-state index contributed by atoms with van der Waals surface area (Å²) in [5, 5.41) is 11.2. The first-order valence-electron chi connectivity index (χ1n) is 7.59. The van der Waals surface area contributed by atoms with Crippen LogP contribution in [0.2, 0.25) is 0 Å².